The molecule has 3 rings (SSSR count). The third-order valence-corrected chi connectivity index (χ3v) is 2.85. The molecule has 0 fully saturated rings. The van der Waals surface area contributed by atoms with Gasteiger partial charge in [0.15, 0.2) is 11.5 Å². The SMILES string of the molecule is COc1ccc(-c2noc(-c3cnccn3)n2)cc1OC. The van der Waals surface area contributed by atoms with Gasteiger partial charge in [0.1, 0.15) is 5.69 Å². The van der Waals surface area contributed by atoms with Gasteiger partial charge in [0.05, 0.1) is 20.4 Å². The van der Waals surface area contributed by atoms with Gasteiger partial charge >= 0.3 is 0 Å². The van der Waals surface area contributed by atoms with Gasteiger partial charge in [-0.2, -0.15) is 4.98 Å². The Morgan fingerprint density at radius 3 is 2.62 bits per heavy atom. The maximum atomic E-state index is 5.26. The summed E-state index contributed by atoms with van der Waals surface area (Å²) in [6.07, 6.45) is 4.70. The number of rotatable bonds is 4. The number of hydrogen-bond donors (Lipinski definition) is 0. The predicted octanol–water partition coefficient (Wildman–Crippen LogP) is 2.21. The summed E-state index contributed by atoms with van der Waals surface area (Å²) in [6, 6.07) is 5.39. The van der Waals surface area contributed by atoms with Crippen molar-refractivity contribution in [1.82, 2.24) is 20.1 Å². The fraction of sp³-hybridized carbons (Fsp3) is 0.143. The van der Waals surface area contributed by atoms with Crippen LogP contribution in [0.2, 0.25) is 0 Å². The van der Waals surface area contributed by atoms with Gasteiger partial charge < -0.3 is 14.0 Å². The zero-order chi connectivity index (χ0) is 14.7. The number of aromatic nitrogens is 4. The molecule has 0 saturated heterocycles. The van der Waals surface area contributed by atoms with Gasteiger partial charge in [-0.25, -0.2) is 4.98 Å². The van der Waals surface area contributed by atoms with Crippen molar-refractivity contribution in [3.05, 3.63) is 36.8 Å². The molecule has 21 heavy (non-hydrogen) atoms. The van der Waals surface area contributed by atoms with Crippen molar-refractivity contribution in [2.75, 3.05) is 14.2 Å². The van der Waals surface area contributed by atoms with E-state index in [9.17, 15) is 0 Å². The summed E-state index contributed by atoms with van der Waals surface area (Å²) in [5, 5.41) is 3.94. The first-order chi connectivity index (χ1) is 10.3. The van der Waals surface area contributed by atoms with Crippen molar-refractivity contribution in [1.29, 1.82) is 0 Å². The normalized spacial score (nSPS) is 10.4. The molecular weight excluding hydrogens is 272 g/mol. The van der Waals surface area contributed by atoms with Crippen LogP contribution in [0.15, 0.2) is 41.3 Å². The zero-order valence-electron chi connectivity index (χ0n) is 11.5. The summed E-state index contributed by atoms with van der Waals surface area (Å²) < 4.78 is 15.6. The third kappa shape index (κ3) is 2.53. The van der Waals surface area contributed by atoms with Gasteiger partial charge in [-0.05, 0) is 18.2 Å². The van der Waals surface area contributed by atoms with E-state index < -0.39 is 0 Å². The van der Waals surface area contributed by atoms with Crippen molar-refractivity contribution in [2.45, 2.75) is 0 Å². The first kappa shape index (κ1) is 13.0. The highest BCUT2D eigenvalue weighted by atomic mass is 16.5. The van der Waals surface area contributed by atoms with Gasteiger partial charge in [-0.3, -0.25) is 4.98 Å². The van der Waals surface area contributed by atoms with Gasteiger partial charge in [-0.1, -0.05) is 5.16 Å². The Morgan fingerprint density at radius 1 is 1.05 bits per heavy atom. The van der Waals surface area contributed by atoms with Crippen LogP contribution in [0.25, 0.3) is 23.0 Å². The van der Waals surface area contributed by atoms with Crippen molar-refractivity contribution in [3.8, 4) is 34.5 Å². The van der Waals surface area contributed by atoms with Crippen LogP contribution in [0.1, 0.15) is 0 Å². The lowest BCUT2D eigenvalue weighted by Gasteiger charge is -2.07. The average Bonchev–Trinajstić information content (AvgIpc) is 3.05. The first-order valence-electron chi connectivity index (χ1n) is 6.14. The largest absolute Gasteiger partial charge is 0.493 e. The Bertz CT molecular complexity index is 743. The average molecular weight is 284 g/mol. The molecule has 0 spiro atoms. The Morgan fingerprint density at radius 2 is 1.90 bits per heavy atom. The van der Waals surface area contributed by atoms with E-state index in [1.807, 2.05) is 6.07 Å². The zero-order valence-corrected chi connectivity index (χ0v) is 11.5. The van der Waals surface area contributed by atoms with E-state index in [1.165, 1.54) is 0 Å². The summed E-state index contributed by atoms with van der Waals surface area (Å²) >= 11 is 0. The molecule has 7 nitrogen and oxygen atoms in total. The summed E-state index contributed by atoms with van der Waals surface area (Å²) in [5.41, 5.74) is 1.28. The second kappa shape index (κ2) is 5.58. The molecule has 0 bridgehead atoms. The van der Waals surface area contributed by atoms with Crippen LogP contribution < -0.4 is 9.47 Å². The minimum Gasteiger partial charge on any atom is -0.493 e. The van der Waals surface area contributed by atoms with Crippen LogP contribution in [-0.2, 0) is 0 Å². The number of nitrogens with zero attached hydrogens (tertiary/aromatic N) is 4. The molecule has 2 aromatic heterocycles. The Hall–Kier alpha value is -2.96. The smallest absolute Gasteiger partial charge is 0.278 e. The number of hydrogen-bond acceptors (Lipinski definition) is 7. The molecule has 106 valence electrons. The molecule has 0 radical (unpaired) electrons. The number of ether oxygens (including phenoxy) is 2. The fourth-order valence-electron chi connectivity index (χ4n) is 1.83. The lowest BCUT2D eigenvalue weighted by atomic mass is 10.2. The van der Waals surface area contributed by atoms with Crippen LogP contribution >= 0.6 is 0 Å². The molecule has 0 aliphatic carbocycles. The second-order valence-corrected chi connectivity index (χ2v) is 4.08. The quantitative estimate of drug-likeness (QED) is 0.726. The van der Waals surface area contributed by atoms with Crippen LogP contribution in [-0.4, -0.2) is 34.3 Å². The van der Waals surface area contributed by atoms with Crippen LogP contribution in [0.3, 0.4) is 0 Å². The molecule has 0 aliphatic rings. The molecule has 1 aromatic carbocycles. The van der Waals surface area contributed by atoms with E-state index in [4.69, 9.17) is 14.0 Å². The molecule has 0 atom stereocenters. The lowest BCUT2D eigenvalue weighted by Crippen LogP contribution is -1.91. The van der Waals surface area contributed by atoms with Crippen molar-refractivity contribution in [3.63, 3.8) is 0 Å². The predicted molar refractivity (Wildman–Crippen MR) is 73.9 cm³/mol. The van der Waals surface area contributed by atoms with Crippen LogP contribution in [0, 0.1) is 0 Å². The third-order valence-electron chi connectivity index (χ3n) is 2.85. The van der Waals surface area contributed by atoms with E-state index in [0.29, 0.717) is 28.9 Å². The van der Waals surface area contributed by atoms with Gasteiger partial charge in [0, 0.05) is 18.0 Å². The maximum absolute atomic E-state index is 5.26. The molecule has 0 saturated carbocycles. The molecule has 2 heterocycles. The van der Waals surface area contributed by atoms with E-state index in [0.717, 1.165) is 5.56 Å². The summed E-state index contributed by atoms with van der Waals surface area (Å²) in [7, 11) is 3.15. The molecule has 3 aromatic rings. The minimum atomic E-state index is 0.313. The second-order valence-electron chi connectivity index (χ2n) is 4.08. The number of benzene rings is 1. The summed E-state index contributed by atoms with van der Waals surface area (Å²) in [4.78, 5) is 12.4. The highest BCUT2D eigenvalue weighted by Gasteiger charge is 2.13. The molecule has 0 unspecified atom stereocenters. The molecule has 0 aliphatic heterocycles. The van der Waals surface area contributed by atoms with E-state index in [2.05, 4.69) is 20.1 Å². The highest BCUT2D eigenvalue weighted by Crippen LogP contribution is 2.31. The van der Waals surface area contributed by atoms with Gasteiger partial charge in [0.25, 0.3) is 5.89 Å². The Kier molecular flexibility index (Phi) is 3.46. The molecule has 0 amide bonds. The lowest BCUT2D eigenvalue weighted by molar-refractivity contribution is 0.355. The van der Waals surface area contributed by atoms with E-state index in [1.54, 1.807) is 44.9 Å². The van der Waals surface area contributed by atoms with E-state index in [-0.39, 0.29) is 0 Å². The monoisotopic (exact) mass is 284 g/mol. The first-order valence-corrected chi connectivity index (χ1v) is 6.14. The summed E-state index contributed by atoms with van der Waals surface area (Å²) in [6.45, 7) is 0. The van der Waals surface area contributed by atoms with Crippen molar-refractivity contribution in [2.24, 2.45) is 0 Å². The topological polar surface area (TPSA) is 83.2 Å². The number of methoxy groups -OCH3 is 2. The van der Waals surface area contributed by atoms with Crippen LogP contribution in [0.5, 0.6) is 11.5 Å². The highest BCUT2D eigenvalue weighted by molar-refractivity contribution is 5.62. The Balaban J connectivity index is 1.97. The van der Waals surface area contributed by atoms with Gasteiger partial charge in [-0.15, -0.1) is 0 Å². The molecule has 7 heteroatoms. The molecular formula is C14H12N4O3. The van der Waals surface area contributed by atoms with Crippen LogP contribution in [0.4, 0.5) is 0 Å². The van der Waals surface area contributed by atoms with Gasteiger partial charge in [0.2, 0.25) is 5.82 Å². The standard InChI is InChI=1S/C14H12N4O3/c1-19-11-4-3-9(7-12(11)20-2)13-17-14(21-18-13)10-8-15-5-6-16-10/h3-8H,1-2H3. The van der Waals surface area contributed by atoms with Crippen molar-refractivity contribution >= 4 is 0 Å². The minimum absolute atomic E-state index is 0.313. The molecule has 0 N–H and O–H groups in total. The summed E-state index contributed by atoms with van der Waals surface area (Å²) in [5.74, 6) is 1.99. The van der Waals surface area contributed by atoms with E-state index >= 15 is 0 Å². The van der Waals surface area contributed by atoms with Crippen molar-refractivity contribution < 1.29 is 14.0 Å². The maximum Gasteiger partial charge on any atom is 0.278 e. The fourth-order valence-corrected chi connectivity index (χ4v) is 1.83. The Labute approximate surface area is 120 Å².